The minimum absolute atomic E-state index is 0.137. The van der Waals surface area contributed by atoms with Crippen LogP contribution >= 0.6 is 0 Å². The van der Waals surface area contributed by atoms with E-state index in [0.717, 1.165) is 5.56 Å². The molecule has 6 nitrogen and oxygen atoms in total. The lowest BCUT2D eigenvalue weighted by atomic mass is 10.1. The number of benzene rings is 2. The Morgan fingerprint density at radius 1 is 1.05 bits per heavy atom. The highest BCUT2D eigenvalue weighted by Crippen LogP contribution is 2.23. The molecule has 0 radical (unpaired) electrons. The van der Waals surface area contributed by atoms with Crippen LogP contribution in [0.3, 0.4) is 0 Å². The summed E-state index contributed by atoms with van der Waals surface area (Å²) in [5.41, 5.74) is 3.64. The van der Waals surface area contributed by atoms with Gasteiger partial charge in [-0.1, -0.05) is 12.1 Å². The van der Waals surface area contributed by atoms with Gasteiger partial charge in [-0.3, -0.25) is 4.79 Å². The molecule has 0 heterocycles. The van der Waals surface area contributed by atoms with Crippen molar-refractivity contribution in [3.8, 4) is 17.2 Å². The van der Waals surface area contributed by atoms with Crippen LogP contribution in [0.1, 0.15) is 11.1 Å². The van der Waals surface area contributed by atoms with Crippen LogP contribution in [0.15, 0.2) is 47.6 Å². The maximum Gasteiger partial charge on any atom is 0.244 e. The second-order valence-corrected chi connectivity index (χ2v) is 4.38. The van der Waals surface area contributed by atoms with Crippen LogP contribution in [0.25, 0.3) is 0 Å². The minimum Gasteiger partial charge on any atom is -0.508 e. The monoisotopic (exact) mass is 286 g/mol. The topological polar surface area (TPSA) is 102 Å². The van der Waals surface area contributed by atoms with E-state index in [1.807, 2.05) is 0 Å². The Morgan fingerprint density at radius 2 is 1.76 bits per heavy atom. The standard InChI is InChI=1S/C15H14N2O4/c18-12-4-1-10(2-5-12)8-15(21)17-16-9-11-3-6-13(19)14(20)7-11/h1-7,9,18-20H,8H2,(H,17,21)/b16-9-. The van der Waals surface area contributed by atoms with Crippen molar-refractivity contribution in [3.05, 3.63) is 53.6 Å². The van der Waals surface area contributed by atoms with E-state index in [0.29, 0.717) is 5.56 Å². The number of amides is 1. The van der Waals surface area contributed by atoms with Gasteiger partial charge in [-0.15, -0.1) is 0 Å². The van der Waals surface area contributed by atoms with Gasteiger partial charge in [0.2, 0.25) is 5.91 Å². The number of carbonyl (C=O) groups is 1. The third-order valence-electron chi connectivity index (χ3n) is 2.70. The van der Waals surface area contributed by atoms with Crippen molar-refractivity contribution in [2.75, 3.05) is 0 Å². The van der Waals surface area contributed by atoms with E-state index in [9.17, 15) is 9.90 Å². The molecular formula is C15H14N2O4. The number of nitrogens with one attached hydrogen (secondary N) is 1. The van der Waals surface area contributed by atoms with Crippen molar-refractivity contribution < 1.29 is 20.1 Å². The lowest BCUT2D eigenvalue weighted by Crippen LogP contribution is -2.19. The molecule has 2 rings (SSSR count). The van der Waals surface area contributed by atoms with Gasteiger partial charge in [0.25, 0.3) is 0 Å². The summed E-state index contributed by atoms with van der Waals surface area (Å²) in [7, 11) is 0. The van der Waals surface area contributed by atoms with Crippen molar-refractivity contribution >= 4 is 12.1 Å². The first-order valence-corrected chi connectivity index (χ1v) is 6.16. The van der Waals surface area contributed by atoms with Crippen molar-refractivity contribution in [2.24, 2.45) is 5.10 Å². The molecule has 0 aliphatic heterocycles. The van der Waals surface area contributed by atoms with E-state index >= 15 is 0 Å². The second-order valence-electron chi connectivity index (χ2n) is 4.38. The van der Waals surface area contributed by atoms with Crippen molar-refractivity contribution in [1.29, 1.82) is 0 Å². The Balaban J connectivity index is 1.89. The van der Waals surface area contributed by atoms with Gasteiger partial charge in [-0.25, -0.2) is 5.43 Å². The van der Waals surface area contributed by atoms with Crippen LogP contribution in [0.2, 0.25) is 0 Å². The van der Waals surface area contributed by atoms with Crippen LogP contribution in [0.5, 0.6) is 17.2 Å². The summed E-state index contributed by atoms with van der Waals surface area (Å²) in [5.74, 6) is -0.637. The number of phenols is 3. The second kappa shape index (κ2) is 6.42. The zero-order valence-corrected chi connectivity index (χ0v) is 11.0. The summed E-state index contributed by atoms with van der Waals surface area (Å²) in [6, 6.07) is 10.5. The van der Waals surface area contributed by atoms with Gasteiger partial charge in [-0.05, 0) is 41.5 Å². The number of rotatable bonds is 4. The van der Waals surface area contributed by atoms with Gasteiger partial charge in [0.1, 0.15) is 5.75 Å². The number of hydrazone groups is 1. The lowest BCUT2D eigenvalue weighted by molar-refractivity contribution is -0.120. The number of hydrogen-bond donors (Lipinski definition) is 4. The Hall–Kier alpha value is -3.02. The van der Waals surface area contributed by atoms with E-state index in [4.69, 9.17) is 10.2 Å². The number of hydrogen-bond acceptors (Lipinski definition) is 5. The minimum atomic E-state index is -0.306. The molecule has 1 amide bonds. The van der Waals surface area contributed by atoms with Gasteiger partial charge in [-0.2, -0.15) is 5.10 Å². The van der Waals surface area contributed by atoms with Gasteiger partial charge < -0.3 is 15.3 Å². The smallest absolute Gasteiger partial charge is 0.244 e. The van der Waals surface area contributed by atoms with E-state index in [-0.39, 0.29) is 29.6 Å². The fraction of sp³-hybridized carbons (Fsp3) is 0.0667. The van der Waals surface area contributed by atoms with Crippen LogP contribution in [-0.2, 0) is 11.2 Å². The number of nitrogens with zero attached hydrogens (tertiary/aromatic N) is 1. The molecule has 2 aromatic rings. The Labute approximate surface area is 121 Å². The van der Waals surface area contributed by atoms with E-state index in [2.05, 4.69) is 10.5 Å². The first-order valence-electron chi connectivity index (χ1n) is 6.16. The predicted molar refractivity (Wildman–Crippen MR) is 77.3 cm³/mol. The molecule has 0 bridgehead atoms. The highest BCUT2D eigenvalue weighted by atomic mass is 16.3. The summed E-state index contributed by atoms with van der Waals surface area (Å²) >= 11 is 0. The van der Waals surface area contributed by atoms with Crippen molar-refractivity contribution in [2.45, 2.75) is 6.42 Å². The van der Waals surface area contributed by atoms with E-state index in [1.54, 1.807) is 18.2 Å². The first-order chi connectivity index (χ1) is 10.0. The highest BCUT2D eigenvalue weighted by Gasteiger charge is 2.02. The van der Waals surface area contributed by atoms with E-state index < -0.39 is 0 Å². The fourth-order valence-electron chi connectivity index (χ4n) is 1.64. The molecule has 0 spiro atoms. The van der Waals surface area contributed by atoms with Crippen molar-refractivity contribution in [1.82, 2.24) is 5.43 Å². The Bertz CT molecular complexity index is 666. The quantitative estimate of drug-likeness (QED) is 0.388. The molecule has 0 aromatic heterocycles. The zero-order chi connectivity index (χ0) is 15.2. The van der Waals surface area contributed by atoms with Crippen LogP contribution in [0, 0.1) is 0 Å². The van der Waals surface area contributed by atoms with Gasteiger partial charge in [0.05, 0.1) is 12.6 Å². The lowest BCUT2D eigenvalue weighted by Gasteiger charge is -2.01. The fourth-order valence-corrected chi connectivity index (χ4v) is 1.64. The van der Waals surface area contributed by atoms with Crippen LogP contribution in [0.4, 0.5) is 0 Å². The van der Waals surface area contributed by atoms with Gasteiger partial charge in [0.15, 0.2) is 11.5 Å². The molecular weight excluding hydrogens is 272 g/mol. The molecule has 0 aliphatic carbocycles. The third kappa shape index (κ3) is 4.24. The van der Waals surface area contributed by atoms with Crippen molar-refractivity contribution in [3.63, 3.8) is 0 Å². The summed E-state index contributed by atoms with van der Waals surface area (Å²) in [4.78, 5) is 11.6. The SMILES string of the molecule is O=C(Cc1ccc(O)cc1)N/N=C\c1ccc(O)c(O)c1. The average molecular weight is 286 g/mol. The molecule has 108 valence electrons. The maximum atomic E-state index is 11.6. The zero-order valence-electron chi connectivity index (χ0n) is 11.0. The van der Waals surface area contributed by atoms with Crippen LogP contribution < -0.4 is 5.43 Å². The normalized spacial score (nSPS) is 10.7. The molecule has 4 N–H and O–H groups in total. The Kier molecular flexibility index (Phi) is 4.40. The largest absolute Gasteiger partial charge is 0.508 e. The number of carbonyl (C=O) groups excluding carboxylic acids is 1. The first kappa shape index (κ1) is 14.4. The molecule has 0 aliphatic rings. The van der Waals surface area contributed by atoms with Gasteiger partial charge >= 0.3 is 0 Å². The summed E-state index contributed by atoms with van der Waals surface area (Å²) in [6.07, 6.45) is 1.49. The molecule has 0 unspecified atom stereocenters. The maximum absolute atomic E-state index is 11.6. The van der Waals surface area contributed by atoms with Crippen LogP contribution in [-0.4, -0.2) is 27.4 Å². The van der Waals surface area contributed by atoms with Gasteiger partial charge in [0, 0.05) is 0 Å². The Morgan fingerprint density at radius 3 is 2.43 bits per heavy atom. The van der Waals surface area contributed by atoms with E-state index in [1.165, 1.54) is 30.5 Å². The highest BCUT2D eigenvalue weighted by molar-refractivity contribution is 5.83. The molecule has 6 heteroatoms. The number of phenolic OH excluding ortho intramolecular Hbond substituents is 3. The third-order valence-corrected chi connectivity index (χ3v) is 2.70. The summed E-state index contributed by atoms with van der Waals surface area (Å²) in [5, 5.41) is 31.4. The molecule has 21 heavy (non-hydrogen) atoms. The average Bonchev–Trinajstić information content (AvgIpc) is 2.45. The molecule has 0 saturated heterocycles. The molecule has 0 atom stereocenters. The number of aromatic hydroxyl groups is 3. The molecule has 0 fully saturated rings. The molecule has 0 saturated carbocycles. The predicted octanol–water partition coefficient (Wildman–Crippen LogP) is 1.50. The molecule has 2 aromatic carbocycles. The summed E-state index contributed by atoms with van der Waals surface area (Å²) in [6.45, 7) is 0. The summed E-state index contributed by atoms with van der Waals surface area (Å²) < 4.78 is 0.